The number of hydrogen-bond donors (Lipinski definition) is 1. The van der Waals surface area contributed by atoms with Gasteiger partial charge < -0.3 is 1.43 Å². The maximum absolute atomic E-state index is 11.0. The van der Waals surface area contributed by atoms with Crippen LogP contribution >= 0.6 is 11.6 Å². The van der Waals surface area contributed by atoms with Crippen molar-refractivity contribution in [2.24, 2.45) is 0 Å². The first-order valence-corrected chi connectivity index (χ1v) is 4.18. The molecule has 14 heavy (non-hydrogen) atoms. The zero-order valence-corrected chi connectivity index (χ0v) is 10.5. The molecule has 0 saturated carbocycles. The van der Waals surface area contributed by atoms with Crippen molar-refractivity contribution >= 4 is 11.6 Å². The molecule has 5 heteroatoms. The zero-order chi connectivity index (χ0) is 9.26. The summed E-state index contributed by atoms with van der Waals surface area (Å²) in [5, 5.41) is 2.79. The summed E-state index contributed by atoms with van der Waals surface area (Å²) in [4.78, 5) is 11.0. The van der Waals surface area contributed by atoms with Crippen LogP contribution in [-0.2, 0) is 0 Å². The monoisotopic (exact) mass is 218 g/mol. The van der Waals surface area contributed by atoms with Crippen LogP contribution in [0.4, 0.5) is 0 Å². The molecule has 1 aromatic carbocycles. The molecule has 0 unspecified atom stereocenters. The number of aromatic nitrogens is 2. The Labute approximate surface area is 109 Å². The van der Waals surface area contributed by atoms with Gasteiger partial charge in [0.15, 0.2) is 0 Å². The van der Waals surface area contributed by atoms with Crippen LogP contribution < -0.4 is 35.1 Å². The van der Waals surface area contributed by atoms with Gasteiger partial charge in [-0.3, -0.25) is 14.6 Å². The van der Waals surface area contributed by atoms with Crippen molar-refractivity contribution in [2.45, 2.75) is 0 Å². The van der Waals surface area contributed by atoms with Gasteiger partial charge >= 0.3 is 29.6 Å². The van der Waals surface area contributed by atoms with Crippen LogP contribution in [0.1, 0.15) is 1.43 Å². The van der Waals surface area contributed by atoms with Crippen molar-refractivity contribution in [1.82, 2.24) is 9.78 Å². The van der Waals surface area contributed by atoms with Crippen LogP contribution in [0, 0.1) is 0 Å². The third kappa shape index (κ3) is 2.30. The minimum absolute atomic E-state index is 0. The number of aromatic amines is 1. The Morgan fingerprint density at radius 2 is 1.93 bits per heavy atom. The van der Waals surface area contributed by atoms with E-state index in [1.807, 2.05) is 30.3 Å². The van der Waals surface area contributed by atoms with Gasteiger partial charge in [0.1, 0.15) is 5.02 Å². The van der Waals surface area contributed by atoms with Gasteiger partial charge in [0.05, 0.1) is 11.9 Å². The average Bonchev–Trinajstić information content (AvgIpc) is 2.49. The fourth-order valence-corrected chi connectivity index (χ4v) is 1.23. The Bertz CT molecular complexity index is 468. The molecular weight excluding hydrogens is 211 g/mol. The van der Waals surface area contributed by atoms with Gasteiger partial charge in [-0.05, 0) is 12.1 Å². The summed E-state index contributed by atoms with van der Waals surface area (Å²) >= 11 is 5.61. The van der Waals surface area contributed by atoms with Gasteiger partial charge in [0, 0.05) is 0 Å². The zero-order valence-electron chi connectivity index (χ0n) is 8.70. The van der Waals surface area contributed by atoms with E-state index < -0.39 is 0 Å². The van der Waals surface area contributed by atoms with Crippen molar-refractivity contribution in [3.63, 3.8) is 0 Å². The second-order valence-corrected chi connectivity index (χ2v) is 3.03. The SMILES string of the molecule is O=c1[nH]n(-c2ccccc2)cc1Cl.[H-].[Na+]. The van der Waals surface area contributed by atoms with Gasteiger partial charge in [-0.2, -0.15) is 0 Å². The van der Waals surface area contributed by atoms with Crippen LogP contribution in [0.3, 0.4) is 0 Å². The number of rotatable bonds is 1. The Hall–Kier alpha value is -0.480. The predicted molar refractivity (Wildman–Crippen MR) is 52.5 cm³/mol. The van der Waals surface area contributed by atoms with E-state index in [1.165, 1.54) is 0 Å². The summed E-state index contributed by atoms with van der Waals surface area (Å²) in [6, 6.07) is 9.45. The molecule has 0 amide bonds. The maximum Gasteiger partial charge on any atom is 1.00 e. The first-order valence-electron chi connectivity index (χ1n) is 3.80. The maximum atomic E-state index is 11.0. The fourth-order valence-electron chi connectivity index (χ4n) is 1.09. The number of para-hydroxylation sites is 1. The second-order valence-electron chi connectivity index (χ2n) is 2.62. The molecular formula is C9H8ClN2NaO. The predicted octanol–water partition coefficient (Wildman–Crippen LogP) is -1.06. The van der Waals surface area contributed by atoms with Crippen LogP contribution in [-0.4, -0.2) is 9.78 Å². The largest absolute Gasteiger partial charge is 1.00 e. The first kappa shape index (κ1) is 11.6. The molecule has 0 bridgehead atoms. The molecule has 1 heterocycles. The van der Waals surface area contributed by atoms with Crippen molar-refractivity contribution in [3.8, 4) is 5.69 Å². The topological polar surface area (TPSA) is 37.8 Å². The molecule has 68 valence electrons. The number of nitrogens with zero attached hydrogens (tertiary/aromatic N) is 1. The summed E-state index contributed by atoms with van der Waals surface area (Å²) in [6.45, 7) is 0. The van der Waals surface area contributed by atoms with Crippen molar-refractivity contribution in [2.75, 3.05) is 0 Å². The summed E-state index contributed by atoms with van der Waals surface area (Å²) in [5.41, 5.74) is 0.608. The number of hydrogen-bond acceptors (Lipinski definition) is 1. The Balaban J connectivity index is 0.000000980. The molecule has 0 aliphatic heterocycles. The van der Waals surface area contributed by atoms with Gasteiger partial charge in [-0.25, -0.2) is 0 Å². The molecule has 3 nitrogen and oxygen atoms in total. The number of nitrogens with one attached hydrogen (secondary N) is 1. The standard InChI is InChI=1S/C9H7ClN2O.Na.H/c10-8-6-12(11-9(8)13)7-4-2-1-3-5-7;;/h1-6H,(H,11,13);;/q;+1;-1. The van der Waals surface area contributed by atoms with Crippen LogP contribution in [0.5, 0.6) is 0 Å². The van der Waals surface area contributed by atoms with E-state index in [9.17, 15) is 4.79 Å². The molecule has 0 saturated heterocycles. The van der Waals surface area contributed by atoms with Crippen LogP contribution in [0.25, 0.3) is 5.69 Å². The van der Waals surface area contributed by atoms with Gasteiger partial charge in [0.25, 0.3) is 5.56 Å². The molecule has 0 spiro atoms. The number of benzene rings is 1. The normalized spacial score (nSPS) is 9.50. The smallest absolute Gasteiger partial charge is 1.00 e. The first-order chi connectivity index (χ1) is 6.27. The van der Waals surface area contributed by atoms with E-state index in [-0.39, 0.29) is 41.6 Å². The molecule has 0 atom stereocenters. The number of halogens is 1. The molecule has 0 fully saturated rings. The summed E-state index contributed by atoms with van der Waals surface area (Å²) in [7, 11) is 0. The van der Waals surface area contributed by atoms with E-state index in [0.717, 1.165) is 5.69 Å². The van der Waals surface area contributed by atoms with Gasteiger partial charge in [-0.15, -0.1) is 0 Å². The molecule has 0 aliphatic carbocycles. The third-order valence-electron chi connectivity index (χ3n) is 1.72. The molecule has 0 radical (unpaired) electrons. The Morgan fingerprint density at radius 1 is 1.29 bits per heavy atom. The molecule has 0 aliphatic rings. The van der Waals surface area contributed by atoms with Crippen LogP contribution in [0.15, 0.2) is 41.3 Å². The summed E-state index contributed by atoms with van der Waals surface area (Å²) in [5.74, 6) is 0. The fraction of sp³-hybridized carbons (Fsp3) is 0. The summed E-state index contributed by atoms with van der Waals surface area (Å²) < 4.78 is 1.59. The quantitative estimate of drug-likeness (QED) is 0.609. The van der Waals surface area contributed by atoms with E-state index in [2.05, 4.69) is 5.10 Å². The molecule has 2 rings (SSSR count). The number of H-pyrrole nitrogens is 1. The minimum atomic E-state index is -0.273. The Kier molecular flexibility index (Phi) is 4.01. The Morgan fingerprint density at radius 3 is 2.43 bits per heavy atom. The molecule has 1 aromatic heterocycles. The third-order valence-corrected chi connectivity index (χ3v) is 1.98. The van der Waals surface area contributed by atoms with Crippen molar-refractivity contribution < 1.29 is 31.0 Å². The summed E-state index contributed by atoms with van der Waals surface area (Å²) in [6.07, 6.45) is 1.55. The molecule has 2 aromatic rings. The average molecular weight is 219 g/mol. The van der Waals surface area contributed by atoms with Crippen molar-refractivity contribution in [3.05, 3.63) is 51.9 Å². The van der Waals surface area contributed by atoms with E-state index in [1.54, 1.807) is 10.9 Å². The second kappa shape index (κ2) is 4.84. The minimum Gasteiger partial charge on any atom is -1.00 e. The van der Waals surface area contributed by atoms with Gasteiger partial charge in [0.2, 0.25) is 0 Å². The van der Waals surface area contributed by atoms with E-state index in [0.29, 0.717) is 0 Å². The van der Waals surface area contributed by atoms with Crippen molar-refractivity contribution in [1.29, 1.82) is 0 Å². The van der Waals surface area contributed by atoms with Crippen LogP contribution in [0.2, 0.25) is 5.02 Å². The van der Waals surface area contributed by atoms with E-state index >= 15 is 0 Å². The van der Waals surface area contributed by atoms with E-state index in [4.69, 9.17) is 11.6 Å². The van der Waals surface area contributed by atoms with Gasteiger partial charge in [-0.1, -0.05) is 29.8 Å². The molecule has 1 N–H and O–H groups in total.